The Bertz CT molecular complexity index is 899. The number of benzene rings is 1. The molecular weight excluding hydrogens is 322 g/mol. The molecule has 1 saturated heterocycles. The molecular formula is C18H21N3O4. The van der Waals surface area contributed by atoms with Crippen molar-refractivity contribution in [3.05, 3.63) is 34.8 Å². The summed E-state index contributed by atoms with van der Waals surface area (Å²) in [5.74, 6) is -0.514. The molecule has 2 fully saturated rings. The van der Waals surface area contributed by atoms with Gasteiger partial charge in [-0.05, 0) is 30.9 Å². The van der Waals surface area contributed by atoms with E-state index in [-0.39, 0.29) is 30.9 Å². The number of nitrogens with one attached hydrogen (secondary N) is 1. The first-order valence-electron chi connectivity index (χ1n) is 8.75. The quantitative estimate of drug-likeness (QED) is 0.865. The fraction of sp³-hybridized carbons (Fsp3) is 0.500. The van der Waals surface area contributed by atoms with Gasteiger partial charge in [-0.15, -0.1) is 0 Å². The van der Waals surface area contributed by atoms with Gasteiger partial charge in [0.15, 0.2) is 5.58 Å². The molecule has 1 aromatic heterocycles. The number of nitrogens with zero attached hydrogens (tertiary/aromatic N) is 2. The molecule has 4 rings (SSSR count). The average Bonchev–Trinajstić information content (AvgIpc) is 3.04. The molecule has 2 aromatic rings. The zero-order valence-corrected chi connectivity index (χ0v) is 14.2. The Balaban J connectivity index is 1.57. The minimum atomic E-state index is -0.765. The van der Waals surface area contributed by atoms with Gasteiger partial charge in [0.2, 0.25) is 0 Å². The summed E-state index contributed by atoms with van der Waals surface area (Å²) in [7, 11) is 0. The highest BCUT2D eigenvalue weighted by atomic mass is 16.4. The molecule has 2 heterocycles. The lowest BCUT2D eigenvalue weighted by atomic mass is 9.73. The van der Waals surface area contributed by atoms with Crippen LogP contribution in [0.25, 0.3) is 11.1 Å². The average molecular weight is 343 g/mol. The summed E-state index contributed by atoms with van der Waals surface area (Å²) in [5.41, 5.74) is 0.404. The number of urea groups is 1. The lowest BCUT2D eigenvalue weighted by molar-refractivity contribution is -0.134. The maximum Gasteiger partial charge on any atom is 0.420 e. The molecule has 1 aromatic carbocycles. The van der Waals surface area contributed by atoms with Crippen molar-refractivity contribution >= 4 is 23.0 Å². The maximum atomic E-state index is 12.9. The van der Waals surface area contributed by atoms with Gasteiger partial charge in [-0.3, -0.25) is 14.3 Å². The van der Waals surface area contributed by atoms with Gasteiger partial charge in [-0.1, -0.05) is 31.9 Å². The number of oxazole rings is 1. The standard InChI is InChI=1S/C18H21N3O4/c1-12-6-4-5-9-18(12)15(22)21(16(23)19-18)11-10-20-13-7-2-3-8-14(13)25-17(20)24/h2-3,7-8,12H,4-6,9-11H2,1H3,(H,19,23)/t12-,18-/m0/s1. The number of hydrogen-bond acceptors (Lipinski definition) is 4. The summed E-state index contributed by atoms with van der Waals surface area (Å²) in [5, 5.41) is 2.93. The van der Waals surface area contributed by atoms with E-state index in [0.29, 0.717) is 17.5 Å². The van der Waals surface area contributed by atoms with Crippen molar-refractivity contribution in [2.75, 3.05) is 6.54 Å². The Morgan fingerprint density at radius 3 is 2.80 bits per heavy atom. The highest BCUT2D eigenvalue weighted by molar-refractivity contribution is 6.07. The lowest BCUT2D eigenvalue weighted by Crippen LogP contribution is -2.54. The zero-order chi connectivity index (χ0) is 17.6. The molecule has 1 saturated carbocycles. The molecule has 25 heavy (non-hydrogen) atoms. The number of imide groups is 1. The first-order chi connectivity index (χ1) is 12.0. The van der Waals surface area contributed by atoms with E-state index in [0.717, 1.165) is 19.3 Å². The van der Waals surface area contributed by atoms with Gasteiger partial charge in [0.05, 0.1) is 5.52 Å². The van der Waals surface area contributed by atoms with Crippen LogP contribution in [0.1, 0.15) is 32.6 Å². The number of para-hydroxylation sites is 2. The van der Waals surface area contributed by atoms with Crippen molar-refractivity contribution in [3.8, 4) is 0 Å². The minimum absolute atomic E-state index is 0.125. The molecule has 2 aliphatic rings. The number of carbonyl (C=O) groups is 2. The van der Waals surface area contributed by atoms with Crippen molar-refractivity contribution < 1.29 is 14.0 Å². The van der Waals surface area contributed by atoms with Crippen LogP contribution >= 0.6 is 0 Å². The summed E-state index contributed by atoms with van der Waals surface area (Å²) in [4.78, 5) is 38.6. The van der Waals surface area contributed by atoms with Crippen molar-refractivity contribution in [2.45, 2.75) is 44.7 Å². The molecule has 3 amide bonds. The topological polar surface area (TPSA) is 84.6 Å². The SMILES string of the molecule is C[C@H]1CCCC[C@]12NC(=O)N(CCn1c(=O)oc3ccccc31)C2=O. The second-order valence-corrected chi connectivity index (χ2v) is 6.99. The Hall–Kier alpha value is -2.57. The number of rotatable bonds is 3. The molecule has 7 nitrogen and oxygen atoms in total. The van der Waals surface area contributed by atoms with Gasteiger partial charge in [0.25, 0.3) is 5.91 Å². The summed E-state index contributed by atoms with van der Waals surface area (Å²) in [6.07, 6.45) is 3.65. The van der Waals surface area contributed by atoms with Crippen molar-refractivity contribution in [1.82, 2.24) is 14.8 Å². The summed E-state index contributed by atoms with van der Waals surface area (Å²) >= 11 is 0. The van der Waals surface area contributed by atoms with E-state index < -0.39 is 11.3 Å². The monoisotopic (exact) mass is 343 g/mol. The minimum Gasteiger partial charge on any atom is -0.408 e. The molecule has 0 bridgehead atoms. The predicted octanol–water partition coefficient (Wildman–Crippen LogP) is 2.10. The summed E-state index contributed by atoms with van der Waals surface area (Å²) < 4.78 is 6.66. The zero-order valence-electron chi connectivity index (χ0n) is 14.2. The van der Waals surface area contributed by atoms with Crippen LogP contribution in [-0.4, -0.2) is 33.5 Å². The fourth-order valence-electron chi connectivity index (χ4n) is 4.12. The van der Waals surface area contributed by atoms with E-state index in [4.69, 9.17) is 4.42 Å². The van der Waals surface area contributed by atoms with E-state index >= 15 is 0 Å². The number of fused-ring (bicyclic) bond motifs is 1. The largest absolute Gasteiger partial charge is 0.420 e. The molecule has 1 N–H and O–H groups in total. The smallest absolute Gasteiger partial charge is 0.408 e. The molecule has 7 heteroatoms. The Kier molecular flexibility index (Phi) is 3.67. The first kappa shape index (κ1) is 15.9. The molecule has 0 unspecified atom stereocenters. The van der Waals surface area contributed by atoms with E-state index in [1.807, 2.05) is 13.0 Å². The second-order valence-electron chi connectivity index (χ2n) is 6.99. The van der Waals surface area contributed by atoms with Gasteiger partial charge in [-0.2, -0.15) is 0 Å². The summed E-state index contributed by atoms with van der Waals surface area (Å²) in [6, 6.07) is 6.76. The number of aromatic nitrogens is 1. The van der Waals surface area contributed by atoms with Crippen LogP contribution in [0.3, 0.4) is 0 Å². The van der Waals surface area contributed by atoms with Gasteiger partial charge >= 0.3 is 11.8 Å². The molecule has 0 radical (unpaired) electrons. The van der Waals surface area contributed by atoms with Crippen molar-refractivity contribution in [3.63, 3.8) is 0 Å². The van der Waals surface area contributed by atoms with Crippen LogP contribution in [0.2, 0.25) is 0 Å². The fourth-order valence-corrected chi connectivity index (χ4v) is 4.12. The molecule has 1 aliphatic heterocycles. The highest BCUT2D eigenvalue weighted by Gasteiger charge is 2.54. The van der Waals surface area contributed by atoms with Crippen LogP contribution in [0.15, 0.2) is 33.5 Å². The van der Waals surface area contributed by atoms with Crippen molar-refractivity contribution in [1.29, 1.82) is 0 Å². The molecule has 1 aliphatic carbocycles. The third-order valence-electron chi connectivity index (χ3n) is 5.62. The van der Waals surface area contributed by atoms with E-state index in [1.165, 1.54) is 9.47 Å². The van der Waals surface area contributed by atoms with Gasteiger partial charge in [0.1, 0.15) is 5.54 Å². The van der Waals surface area contributed by atoms with Gasteiger partial charge < -0.3 is 9.73 Å². The van der Waals surface area contributed by atoms with E-state index in [1.54, 1.807) is 18.2 Å². The summed E-state index contributed by atoms with van der Waals surface area (Å²) in [6.45, 7) is 2.40. The molecule has 2 atom stereocenters. The van der Waals surface area contributed by atoms with Crippen LogP contribution in [-0.2, 0) is 11.3 Å². The number of amides is 3. The third-order valence-corrected chi connectivity index (χ3v) is 5.62. The highest BCUT2D eigenvalue weighted by Crippen LogP contribution is 2.38. The predicted molar refractivity (Wildman–Crippen MR) is 91.1 cm³/mol. The van der Waals surface area contributed by atoms with Gasteiger partial charge in [0, 0.05) is 13.1 Å². The normalized spacial score (nSPS) is 26.6. The van der Waals surface area contributed by atoms with Crippen LogP contribution in [0.4, 0.5) is 4.79 Å². The Morgan fingerprint density at radius 1 is 1.20 bits per heavy atom. The Labute approximate surface area is 144 Å². The third kappa shape index (κ3) is 2.37. The maximum absolute atomic E-state index is 12.9. The van der Waals surface area contributed by atoms with Crippen LogP contribution in [0.5, 0.6) is 0 Å². The lowest BCUT2D eigenvalue weighted by Gasteiger charge is -2.36. The number of carbonyl (C=O) groups excluding carboxylic acids is 2. The molecule has 1 spiro atoms. The van der Waals surface area contributed by atoms with E-state index in [9.17, 15) is 14.4 Å². The van der Waals surface area contributed by atoms with E-state index in [2.05, 4.69) is 5.32 Å². The number of hydrogen-bond donors (Lipinski definition) is 1. The van der Waals surface area contributed by atoms with Gasteiger partial charge in [-0.25, -0.2) is 9.59 Å². The van der Waals surface area contributed by atoms with Crippen LogP contribution < -0.4 is 11.1 Å². The second kappa shape index (κ2) is 5.75. The molecule has 132 valence electrons. The van der Waals surface area contributed by atoms with Crippen molar-refractivity contribution in [2.24, 2.45) is 5.92 Å². The first-order valence-corrected chi connectivity index (χ1v) is 8.75. The van der Waals surface area contributed by atoms with Crippen LogP contribution in [0, 0.1) is 5.92 Å². The Morgan fingerprint density at radius 2 is 2.00 bits per heavy atom.